The molecule has 1 amide bonds. The molecule has 0 spiro atoms. The predicted molar refractivity (Wildman–Crippen MR) is 142 cm³/mol. The summed E-state index contributed by atoms with van der Waals surface area (Å²) in [5.41, 5.74) is 3.54. The van der Waals surface area contributed by atoms with Gasteiger partial charge in [0.1, 0.15) is 5.75 Å². The number of carboxylic acid groups (broad SMARTS) is 1. The van der Waals surface area contributed by atoms with Crippen LogP contribution in [0.5, 0.6) is 5.75 Å². The van der Waals surface area contributed by atoms with Crippen molar-refractivity contribution < 1.29 is 14.6 Å². The van der Waals surface area contributed by atoms with Gasteiger partial charge in [-0.25, -0.2) is 4.79 Å². The van der Waals surface area contributed by atoms with E-state index < -0.39 is 6.09 Å². The van der Waals surface area contributed by atoms with E-state index in [-0.39, 0.29) is 11.5 Å². The van der Waals surface area contributed by atoms with Gasteiger partial charge in [-0.05, 0) is 97.5 Å². The molecule has 0 radical (unpaired) electrons. The van der Waals surface area contributed by atoms with Gasteiger partial charge in [-0.2, -0.15) is 0 Å². The maximum Gasteiger partial charge on any atom is 0.407 e. The van der Waals surface area contributed by atoms with Crippen LogP contribution >= 0.6 is 11.6 Å². The molecule has 35 heavy (non-hydrogen) atoms. The van der Waals surface area contributed by atoms with Crippen LogP contribution in [0.1, 0.15) is 75.1 Å². The number of aryl methyl sites for hydroxylation is 1. The summed E-state index contributed by atoms with van der Waals surface area (Å²) < 4.78 is 6.16. The molecule has 1 atom stereocenters. The molecule has 6 heteroatoms. The summed E-state index contributed by atoms with van der Waals surface area (Å²) in [7, 11) is 0. The molecule has 5 nitrogen and oxygen atoms in total. The molecule has 0 bridgehead atoms. The van der Waals surface area contributed by atoms with Crippen LogP contribution in [0.4, 0.5) is 4.79 Å². The standard InChI is InChI=1S/C29H39ClN2O3/c1-29(2,3)27-26-20-25(12-9-23(26)6-4-16-32(27)28(33)34)35-19-5-15-31-17-13-22(14-18-31)21-7-10-24(30)11-8-21/h7-12,20,22,27H,4-6,13-19H2,1-3H3,(H,33,34). The Bertz CT molecular complexity index is 994. The van der Waals surface area contributed by atoms with Crippen LogP contribution in [0.2, 0.25) is 5.02 Å². The number of piperidine rings is 1. The molecule has 2 heterocycles. The van der Waals surface area contributed by atoms with E-state index in [4.69, 9.17) is 16.3 Å². The van der Waals surface area contributed by atoms with E-state index in [1.165, 1.54) is 24.0 Å². The summed E-state index contributed by atoms with van der Waals surface area (Å²) in [5.74, 6) is 1.46. The highest BCUT2D eigenvalue weighted by Crippen LogP contribution is 2.42. The van der Waals surface area contributed by atoms with Crippen molar-refractivity contribution in [1.82, 2.24) is 9.80 Å². The number of carbonyl (C=O) groups is 1. The summed E-state index contributed by atoms with van der Waals surface area (Å²) in [4.78, 5) is 16.2. The second kappa shape index (κ2) is 11.2. The minimum Gasteiger partial charge on any atom is -0.494 e. The van der Waals surface area contributed by atoms with Crippen molar-refractivity contribution in [1.29, 1.82) is 0 Å². The lowest BCUT2D eigenvalue weighted by Crippen LogP contribution is -2.40. The van der Waals surface area contributed by atoms with Crippen LogP contribution in [0.3, 0.4) is 0 Å². The summed E-state index contributed by atoms with van der Waals surface area (Å²) in [6.07, 6.45) is 4.25. The number of nitrogens with zero attached hydrogens (tertiary/aromatic N) is 2. The maximum atomic E-state index is 12.0. The first-order valence-electron chi connectivity index (χ1n) is 13.0. The molecule has 2 aliphatic heterocycles. The minimum atomic E-state index is -0.844. The SMILES string of the molecule is CC(C)(C)C1c2cc(OCCCN3CCC(c4ccc(Cl)cc4)CC3)ccc2CCCN1C(=O)O. The fourth-order valence-corrected chi connectivity index (χ4v) is 5.85. The normalized spacial score (nSPS) is 19.8. The van der Waals surface area contributed by atoms with Crippen LogP contribution in [0.25, 0.3) is 0 Å². The number of rotatable bonds is 6. The van der Waals surface area contributed by atoms with E-state index in [0.717, 1.165) is 55.2 Å². The van der Waals surface area contributed by atoms with Crippen molar-refractivity contribution in [3.8, 4) is 5.75 Å². The zero-order valence-electron chi connectivity index (χ0n) is 21.3. The molecule has 4 rings (SSSR count). The van der Waals surface area contributed by atoms with E-state index in [9.17, 15) is 9.90 Å². The van der Waals surface area contributed by atoms with Gasteiger partial charge in [-0.1, -0.05) is 50.6 Å². The van der Waals surface area contributed by atoms with Gasteiger partial charge in [0.25, 0.3) is 0 Å². The Morgan fingerprint density at radius 3 is 2.46 bits per heavy atom. The Balaban J connectivity index is 1.30. The number of hydrogen-bond donors (Lipinski definition) is 1. The lowest BCUT2D eigenvalue weighted by atomic mass is 9.80. The second-order valence-electron chi connectivity index (χ2n) is 11.1. The summed E-state index contributed by atoms with van der Waals surface area (Å²) in [5, 5.41) is 10.7. The van der Waals surface area contributed by atoms with Crippen LogP contribution < -0.4 is 4.74 Å². The van der Waals surface area contributed by atoms with E-state index in [1.54, 1.807) is 4.90 Å². The highest BCUT2D eigenvalue weighted by molar-refractivity contribution is 6.30. The van der Waals surface area contributed by atoms with Gasteiger partial charge in [0.05, 0.1) is 12.6 Å². The Kier molecular flexibility index (Phi) is 8.28. The third-order valence-electron chi connectivity index (χ3n) is 7.45. The zero-order valence-corrected chi connectivity index (χ0v) is 22.1. The number of likely N-dealkylation sites (tertiary alicyclic amines) is 1. The smallest absolute Gasteiger partial charge is 0.407 e. The zero-order chi connectivity index (χ0) is 25.0. The molecular weight excluding hydrogens is 460 g/mol. The molecule has 0 aromatic heterocycles. The molecule has 1 unspecified atom stereocenters. The van der Waals surface area contributed by atoms with Crippen LogP contribution in [0.15, 0.2) is 42.5 Å². The molecule has 190 valence electrons. The Morgan fingerprint density at radius 2 is 1.80 bits per heavy atom. The van der Waals surface area contributed by atoms with Crippen LogP contribution in [-0.4, -0.2) is 53.8 Å². The number of fused-ring (bicyclic) bond motifs is 1. The van der Waals surface area contributed by atoms with Crippen molar-refractivity contribution in [2.75, 3.05) is 32.8 Å². The van der Waals surface area contributed by atoms with Gasteiger partial charge in [0, 0.05) is 18.1 Å². The number of amides is 1. The summed E-state index contributed by atoms with van der Waals surface area (Å²) in [6.45, 7) is 10.9. The topological polar surface area (TPSA) is 53.0 Å². The second-order valence-corrected chi connectivity index (χ2v) is 11.5. The lowest BCUT2D eigenvalue weighted by Gasteiger charge is -2.38. The third kappa shape index (κ3) is 6.50. The highest BCUT2D eigenvalue weighted by atomic mass is 35.5. The van der Waals surface area contributed by atoms with Crippen molar-refractivity contribution in [3.05, 3.63) is 64.2 Å². The average Bonchev–Trinajstić information content (AvgIpc) is 3.02. The van der Waals surface area contributed by atoms with Gasteiger partial charge in [-0.15, -0.1) is 0 Å². The fourth-order valence-electron chi connectivity index (χ4n) is 5.72. The summed E-state index contributed by atoms with van der Waals surface area (Å²) >= 11 is 6.03. The third-order valence-corrected chi connectivity index (χ3v) is 7.70. The first-order valence-corrected chi connectivity index (χ1v) is 13.3. The van der Waals surface area contributed by atoms with Crippen molar-refractivity contribution in [2.24, 2.45) is 5.41 Å². The quantitative estimate of drug-likeness (QED) is 0.435. The molecule has 2 aromatic rings. The maximum absolute atomic E-state index is 12.0. The van der Waals surface area contributed by atoms with E-state index in [2.05, 4.69) is 49.9 Å². The molecule has 0 saturated carbocycles. The minimum absolute atomic E-state index is 0.178. The molecule has 1 N–H and O–H groups in total. The van der Waals surface area contributed by atoms with Crippen LogP contribution in [0, 0.1) is 5.41 Å². The molecule has 1 saturated heterocycles. The number of hydrogen-bond acceptors (Lipinski definition) is 3. The van der Waals surface area contributed by atoms with Crippen molar-refractivity contribution in [3.63, 3.8) is 0 Å². The largest absolute Gasteiger partial charge is 0.494 e. The Morgan fingerprint density at radius 1 is 1.09 bits per heavy atom. The van der Waals surface area contributed by atoms with E-state index in [0.29, 0.717) is 19.1 Å². The van der Waals surface area contributed by atoms with Gasteiger partial charge in [-0.3, -0.25) is 0 Å². The van der Waals surface area contributed by atoms with Gasteiger partial charge < -0.3 is 19.6 Å². The first kappa shape index (κ1) is 25.8. The average molecular weight is 499 g/mol. The van der Waals surface area contributed by atoms with E-state index >= 15 is 0 Å². The van der Waals surface area contributed by atoms with Crippen LogP contribution in [-0.2, 0) is 6.42 Å². The molecule has 0 aliphatic carbocycles. The molecule has 2 aromatic carbocycles. The van der Waals surface area contributed by atoms with Crippen molar-refractivity contribution in [2.45, 2.75) is 64.8 Å². The van der Waals surface area contributed by atoms with Crippen molar-refractivity contribution >= 4 is 17.7 Å². The van der Waals surface area contributed by atoms with Gasteiger partial charge in [0.15, 0.2) is 0 Å². The van der Waals surface area contributed by atoms with Gasteiger partial charge in [0.2, 0.25) is 0 Å². The highest BCUT2D eigenvalue weighted by Gasteiger charge is 2.37. The van der Waals surface area contributed by atoms with E-state index in [1.807, 2.05) is 18.2 Å². The number of halogens is 1. The molecular formula is C29H39ClN2O3. The molecule has 2 aliphatic rings. The monoisotopic (exact) mass is 498 g/mol. The number of benzene rings is 2. The predicted octanol–water partition coefficient (Wildman–Crippen LogP) is 7.00. The Hall–Kier alpha value is -2.24. The first-order chi connectivity index (χ1) is 16.7. The lowest BCUT2D eigenvalue weighted by molar-refractivity contribution is 0.0836. The van der Waals surface area contributed by atoms with Gasteiger partial charge >= 0.3 is 6.09 Å². The number of ether oxygens (including phenoxy) is 1. The molecule has 1 fully saturated rings. The Labute approximate surface area is 215 Å². The summed E-state index contributed by atoms with van der Waals surface area (Å²) in [6, 6.07) is 14.4. The fraction of sp³-hybridized carbons (Fsp3) is 0.552.